The average molecular weight is 344 g/mol. The molecule has 1 aromatic carbocycles. The van der Waals surface area contributed by atoms with Crippen LogP contribution < -0.4 is 16.1 Å². The molecule has 0 spiro atoms. The Morgan fingerprint density at radius 2 is 2.00 bits per heavy atom. The maximum absolute atomic E-state index is 12.5. The van der Waals surface area contributed by atoms with Crippen molar-refractivity contribution in [2.24, 2.45) is 5.73 Å². The fourth-order valence-electron chi connectivity index (χ4n) is 1.74. The first-order chi connectivity index (χ1) is 11.2. The molecule has 0 bridgehead atoms. The van der Waals surface area contributed by atoms with Crippen molar-refractivity contribution in [2.45, 2.75) is 19.1 Å². The van der Waals surface area contributed by atoms with Crippen LogP contribution in [0.3, 0.4) is 0 Å². The molecule has 1 atom stereocenters. The minimum Gasteiger partial charge on any atom is -0.364 e. The van der Waals surface area contributed by atoms with Crippen molar-refractivity contribution in [3.63, 3.8) is 0 Å². The Labute approximate surface area is 134 Å². The lowest BCUT2D eigenvalue weighted by molar-refractivity contribution is -0.137. The van der Waals surface area contributed by atoms with E-state index in [0.29, 0.717) is 11.6 Å². The van der Waals surface area contributed by atoms with Crippen LogP contribution in [0.1, 0.15) is 18.2 Å². The number of benzene rings is 1. The first-order valence-electron chi connectivity index (χ1n) is 6.77. The number of aromatic nitrogens is 2. The Bertz CT molecular complexity index is 698. The third-order valence-electron chi connectivity index (χ3n) is 2.96. The van der Waals surface area contributed by atoms with E-state index in [1.807, 2.05) is 0 Å². The fourth-order valence-corrected chi connectivity index (χ4v) is 1.74. The molecular formula is C13H15F3N6O2. The van der Waals surface area contributed by atoms with Crippen LogP contribution in [0.5, 0.6) is 0 Å². The van der Waals surface area contributed by atoms with E-state index >= 15 is 0 Å². The van der Waals surface area contributed by atoms with Crippen molar-refractivity contribution in [3.8, 4) is 0 Å². The standard InChI is InChI=1S/C13H15F3N6O2/c1-7(17)6-19-12-10(20-24-21-12)11(18)22(23)9-4-2-8(3-5-9)13(14,15)16/h2-5,7,18,23H,6,17H2,1H3,(H,19,21). The van der Waals surface area contributed by atoms with E-state index in [-0.39, 0.29) is 23.2 Å². The molecule has 11 heteroatoms. The smallest absolute Gasteiger partial charge is 0.364 e. The lowest BCUT2D eigenvalue weighted by Gasteiger charge is -2.17. The molecule has 8 nitrogen and oxygen atoms in total. The molecule has 1 aromatic heterocycles. The molecule has 0 aliphatic rings. The van der Waals surface area contributed by atoms with Crippen molar-refractivity contribution in [2.75, 3.05) is 16.9 Å². The number of nitrogens with one attached hydrogen (secondary N) is 2. The van der Waals surface area contributed by atoms with Crippen LogP contribution in [0.25, 0.3) is 0 Å². The second-order valence-corrected chi connectivity index (χ2v) is 5.02. The topological polar surface area (TPSA) is 124 Å². The van der Waals surface area contributed by atoms with Gasteiger partial charge in [-0.2, -0.15) is 13.2 Å². The number of hydrogen-bond acceptors (Lipinski definition) is 7. The Kier molecular flexibility index (Phi) is 5.04. The number of amidine groups is 1. The predicted molar refractivity (Wildman–Crippen MR) is 79.0 cm³/mol. The van der Waals surface area contributed by atoms with Crippen molar-refractivity contribution in [1.82, 2.24) is 10.3 Å². The molecule has 0 amide bonds. The van der Waals surface area contributed by atoms with Gasteiger partial charge >= 0.3 is 6.18 Å². The van der Waals surface area contributed by atoms with Crippen LogP contribution in [0.4, 0.5) is 24.7 Å². The number of nitrogens with two attached hydrogens (primary N) is 1. The van der Waals surface area contributed by atoms with Crippen LogP contribution in [0.2, 0.25) is 0 Å². The summed E-state index contributed by atoms with van der Waals surface area (Å²) in [7, 11) is 0. The van der Waals surface area contributed by atoms with E-state index in [4.69, 9.17) is 11.1 Å². The number of alkyl halides is 3. The second kappa shape index (κ2) is 6.84. The monoisotopic (exact) mass is 344 g/mol. The maximum atomic E-state index is 12.5. The maximum Gasteiger partial charge on any atom is 0.416 e. The highest BCUT2D eigenvalue weighted by Gasteiger charge is 2.30. The van der Waals surface area contributed by atoms with Gasteiger partial charge in [0.25, 0.3) is 0 Å². The Morgan fingerprint density at radius 1 is 1.38 bits per heavy atom. The summed E-state index contributed by atoms with van der Waals surface area (Å²) >= 11 is 0. The van der Waals surface area contributed by atoms with Crippen molar-refractivity contribution in [3.05, 3.63) is 35.5 Å². The summed E-state index contributed by atoms with van der Waals surface area (Å²) in [4.78, 5) is 0. The van der Waals surface area contributed by atoms with Gasteiger partial charge in [0, 0.05) is 12.6 Å². The molecule has 0 saturated heterocycles. The number of hydroxylamine groups is 1. The molecule has 1 unspecified atom stereocenters. The van der Waals surface area contributed by atoms with Gasteiger partial charge in [-0.25, -0.2) is 9.69 Å². The molecule has 0 radical (unpaired) electrons. The first kappa shape index (κ1) is 17.7. The summed E-state index contributed by atoms with van der Waals surface area (Å²) < 4.78 is 42.1. The number of anilines is 2. The minimum atomic E-state index is -4.49. The summed E-state index contributed by atoms with van der Waals surface area (Å²) in [6.07, 6.45) is -4.49. The highest BCUT2D eigenvalue weighted by molar-refractivity contribution is 6.07. The Balaban J connectivity index is 2.17. The zero-order valence-electron chi connectivity index (χ0n) is 12.5. The van der Waals surface area contributed by atoms with Crippen molar-refractivity contribution in [1.29, 1.82) is 5.41 Å². The molecule has 5 N–H and O–H groups in total. The largest absolute Gasteiger partial charge is 0.416 e. The fraction of sp³-hybridized carbons (Fsp3) is 0.308. The average Bonchev–Trinajstić information content (AvgIpc) is 2.99. The lowest BCUT2D eigenvalue weighted by atomic mass is 10.2. The van der Waals surface area contributed by atoms with Crippen LogP contribution in [-0.4, -0.2) is 33.9 Å². The van der Waals surface area contributed by atoms with Crippen LogP contribution >= 0.6 is 0 Å². The van der Waals surface area contributed by atoms with E-state index in [2.05, 4.69) is 20.3 Å². The lowest BCUT2D eigenvalue weighted by Crippen LogP contribution is -2.30. The van der Waals surface area contributed by atoms with E-state index in [0.717, 1.165) is 24.3 Å². The molecule has 24 heavy (non-hydrogen) atoms. The molecule has 2 rings (SSSR count). The zero-order chi connectivity index (χ0) is 17.9. The zero-order valence-corrected chi connectivity index (χ0v) is 12.5. The molecule has 0 aliphatic carbocycles. The molecular weight excluding hydrogens is 329 g/mol. The third kappa shape index (κ3) is 4.00. The van der Waals surface area contributed by atoms with E-state index in [1.54, 1.807) is 6.92 Å². The van der Waals surface area contributed by atoms with Crippen molar-refractivity contribution < 1.29 is 23.0 Å². The summed E-state index contributed by atoms with van der Waals surface area (Å²) in [5, 5.41) is 28.1. The van der Waals surface area contributed by atoms with Gasteiger partial charge in [0.05, 0.1) is 11.3 Å². The van der Waals surface area contributed by atoms with Crippen molar-refractivity contribution >= 4 is 17.3 Å². The van der Waals surface area contributed by atoms with E-state index in [9.17, 15) is 18.4 Å². The first-order valence-corrected chi connectivity index (χ1v) is 6.77. The quantitative estimate of drug-likeness (QED) is 0.372. The van der Waals surface area contributed by atoms with E-state index in [1.165, 1.54) is 0 Å². The highest BCUT2D eigenvalue weighted by atomic mass is 19.4. The van der Waals surface area contributed by atoms with Crippen LogP contribution in [0.15, 0.2) is 28.9 Å². The second-order valence-electron chi connectivity index (χ2n) is 5.02. The van der Waals surface area contributed by atoms with Gasteiger partial charge in [0.2, 0.25) is 5.82 Å². The minimum absolute atomic E-state index is 0.0471. The highest BCUT2D eigenvalue weighted by Crippen LogP contribution is 2.30. The predicted octanol–water partition coefficient (Wildman–Crippen LogP) is 2.07. The van der Waals surface area contributed by atoms with Gasteiger partial charge in [-0.3, -0.25) is 10.6 Å². The molecule has 2 aromatic rings. The molecule has 0 saturated carbocycles. The van der Waals surface area contributed by atoms with Gasteiger partial charge < -0.3 is 11.1 Å². The van der Waals surface area contributed by atoms with Gasteiger partial charge in [0.15, 0.2) is 11.5 Å². The molecule has 0 fully saturated rings. The normalized spacial score (nSPS) is 12.8. The van der Waals surface area contributed by atoms with Gasteiger partial charge in [-0.05, 0) is 41.5 Å². The van der Waals surface area contributed by atoms with Crippen LogP contribution in [0, 0.1) is 5.41 Å². The van der Waals surface area contributed by atoms with Gasteiger partial charge in [-0.1, -0.05) is 0 Å². The molecule has 130 valence electrons. The number of hydrogen-bond donors (Lipinski definition) is 4. The van der Waals surface area contributed by atoms with E-state index < -0.39 is 17.6 Å². The SMILES string of the molecule is CC(N)CNc1nonc1C(=N)N(O)c1ccc(C(F)(F)F)cc1. The number of rotatable bonds is 5. The third-order valence-corrected chi connectivity index (χ3v) is 2.96. The summed E-state index contributed by atoms with van der Waals surface area (Å²) in [6.45, 7) is 2.06. The molecule has 1 heterocycles. The van der Waals surface area contributed by atoms with Gasteiger partial charge in [0.1, 0.15) is 0 Å². The van der Waals surface area contributed by atoms with Crippen LogP contribution in [-0.2, 0) is 6.18 Å². The summed E-state index contributed by atoms with van der Waals surface area (Å²) in [6, 6.07) is 3.44. The summed E-state index contributed by atoms with van der Waals surface area (Å²) in [5.41, 5.74) is 4.56. The van der Waals surface area contributed by atoms with Gasteiger partial charge in [-0.15, -0.1) is 0 Å². The number of nitrogens with zero attached hydrogens (tertiary/aromatic N) is 3. The summed E-state index contributed by atoms with van der Waals surface area (Å²) in [5.74, 6) is -0.438. The Morgan fingerprint density at radius 3 is 2.54 bits per heavy atom. The Hall–Kier alpha value is -2.66. The molecule has 0 aliphatic heterocycles. The number of halogens is 3.